The highest BCUT2D eigenvalue weighted by Gasteiger charge is 2.27. The molecule has 19 heavy (non-hydrogen) atoms. The molecule has 3 heteroatoms. The lowest BCUT2D eigenvalue weighted by Crippen LogP contribution is -2.20. The van der Waals surface area contributed by atoms with Gasteiger partial charge in [-0.3, -0.25) is 0 Å². The van der Waals surface area contributed by atoms with Gasteiger partial charge in [0.1, 0.15) is 5.75 Å². The number of methoxy groups -OCH3 is 1. The summed E-state index contributed by atoms with van der Waals surface area (Å²) in [4.78, 5) is 0. The first-order valence-electron chi connectivity index (χ1n) is 7.17. The Morgan fingerprint density at radius 1 is 1.32 bits per heavy atom. The summed E-state index contributed by atoms with van der Waals surface area (Å²) < 4.78 is 6.22. The van der Waals surface area contributed by atoms with Crippen molar-refractivity contribution in [2.75, 3.05) is 7.11 Å². The number of benzene rings is 1. The van der Waals surface area contributed by atoms with E-state index in [4.69, 9.17) is 4.74 Å². The SMILES string of the molecule is CCC1CCC(C(O)c2cc(OC)ccc2Br)CC1. The number of ether oxygens (including phenoxy) is 1. The van der Waals surface area contributed by atoms with Crippen molar-refractivity contribution in [3.05, 3.63) is 28.2 Å². The van der Waals surface area contributed by atoms with Gasteiger partial charge >= 0.3 is 0 Å². The van der Waals surface area contributed by atoms with Crippen LogP contribution >= 0.6 is 15.9 Å². The number of aliphatic hydroxyl groups excluding tert-OH is 1. The predicted molar refractivity (Wildman–Crippen MR) is 81.4 cm³/mol. The van der Waals surface area contributed by atoms with E-state index in [1.165, 1.54) is 19.3 Å². The van der Waals surface area contributed by atoms with Crippen LogP contribution in [0.3, 0.4) is 0 Å². The topological polar surface area (TPSA) is 29.5 Å². The molecule has 0 heterocycles. The van der Waals surface area contributed by atoms with Crippen molar-refractivity contribution in [2.24, 2.45) is 11.8 Å². The normalized spacial score (nSPS) is 25.1. The van der Waals surface area contributed by atoms with Crippen molar-refractivity contribution < 1.29 is 9.84 Å². The second kappa shape index (κ2) is 6.76. The molecule has 1 aliphatic rings. The summed E-state index contributed by atoms with van der Waals surface area (Å²) in [5.41, 5.74) is 0.958. The van der Waals surface area contributed by atoms with Crippen molar-refractivity contribution in [3.8, 4) is 5.75 Å². The third kappa shape index (κ3) is 3.51. The molecular formula is C16H23BrO2. The van der Waals surface area contributed by atoms with E-state index in [1.807, 2.05) is 18.2 Å². The van der Waals surface area contributed by atoms with Crippen LogP contribution < -0.4 is 4.74 Å². The van der Waals surface area contributed by atoms with Crippen LogP contribution in [0.5, 0.6) is 5.75 Å². The van der Waals surface area contributed by atoms with E-state index < -0.39 is 0 Å². The van der Waals surface area contributed by atoms with Crippen molar-refractivity contribution in [2.45, 2.75) is 45.1 Å². The van der Waals surface area contributed by atoms with Crippen molar-refractivity contribution in [1.29, 1.82) is 0 Å². The summed E-state index contributed by atoms with van der Waals surface area (Å²) in [6.45, 7) is 2.26. The summed E-state index contributed by atoms with van der Waals surface area (Å²) >= 11 is 3.54. The second-order valence-electron chi connectivity index (χ2n) is 5.52. The predicted octanol–water partition coefficient (Wildman–Crippen LogP) is 4.71. The molecule has 106 valence electrons. The summed E-state index contributed by atoms with van der Waals surface area (Å²) in [6, 6.07) is 5.81. The summed E-state index contributed by atoms with van der Waals surface area (Å²) in [6.07, 6.45) is 5.64. The largest absolute Gasteiger partial charge is 0.497 e. The molecule has 1 saturated carbocycles. The molecule has 1 aromatic rings. The highest BCUT2D eigenvalue weighted by molar-refractivity contribution is 9.10. The van der Waals surface area contributed by atoms with Gasteiger partial charge in [-0.25, -0.2) is 0 Å². The molecule has 0 saturated heterocycles. The lowest BCUT2D eigenvalue weighted by molar-refractivity contribution is 0.0722. The molecule has 2 nitrogen and oxygen atoms in total. The van der Waals surface area contributed by atoms with E-state index >= 15 is 0 Å². The molecule has 0 amide bonds. The van der Waals surface area contributed by atoms with E-state index in [0.29, 0.717) is 5.92 Å². The van der Waals surface area contributed by atoms with Crippen LogP contribution in [0.15, 0.2) is 22.7 Å². The fourth-order valence-electron chi connectivity index (χ4n) is 3.04. The first kappa shape index (κ1) is 14.9. The highest BCUT2D eigenvalue weighted by atomic mass is 79.9. The standard InChI is InChI=1S/C16H23BrO2/c1-3-11-4-6-12(7-5-11)16(18)14-10-13(19-2)8-9-15(14)17/h8-12,16,18H,3-7H2,1-2H3. The maximum atomic E-state index is 10.6. The van der Waals surface area contributed by atoms with Crippen LogP contribution in [-0.2, 0) is 0 Å². The minimum absolute atomic E-state index is 0.381. The quantitative estimate of drug-likeness (QED) is 0.868. The lowest BCUT2D eigenvalue weighted by atomic mass is 9.77. The Kier molecular flexibility index (Phi) is 5.28. The molecule has 1 unspecified atom stereocenters. The zero-order chi connectivity index (χ0) is 13.8. The van der Waals surface area contributed by atoms with Crippen LogP contribution in [-0.4, -0.2) is 12.2 Å². The molecular weight excluding hydrogens is 304 g/mol. The van der Waals surface area contributed by atoms with Crippen molar-refractivity contribution in [1.82, 2.24) is 0 Å². The van der Waals surface area contributed by atoms with Gasteiger partial charge in [0, 0.05) is 4.47 Å². The third-order valence-corrected chi connectivity index (χ3v) is 5.16. The molecule has 1 aliphatic carbocycles. The van der Waals surface area contributed by atoms with Crippen LogP contribution in [0, 0.1) is 11.8 Å². The van der Waals surface area contributed by atoms with Gasteiger partial charge in [-0.05, 0) is 48.4 Å². The van der Waals surface area contributed by atoms with Crippen LogP contribution in [0.1, 0.15) is 50.7 Å². The maximum Gasteiger partial charge on any atom is 0.119 e. The van der Waals surface area contributed by atoms with Crippen LogP contribution in [0.2, 0.25) is 0 Å². The van der Waals surface area contributed by atoms with Crippen molar-refractivity contribution in [3.63, 3.8) is 0 Å². The van der Waals surface area contributed by atoms with Gasteiger partial charge in [-0.1, -0.05) is 42.1 Å². The molecule has 0 radical (unpaired) electrons. The molecule has 2 rings (SSSR count). The Bertz CT molecular complexity index is 411. The number of aliphatic hydroxyl groups is 1. The number of hydrogen-bond donors (Lipinski definition) is 1. The van der Waals surface area contributed by atoms with E-state index in [2.05, 4.69) is 22.9 Å². The monoisotopic (exact) mass is 326 g/mol. The molecule has 0 aromatic heterocycles. The Labute approximate surface area is 124 Å². The molecule has 1 fully saturated rings. The van der Waals surface area contributed by atoms with Crippen LogP contribution in [0.4, 0.5) is 0 Å². The van der Waals surface area contributed by atoms with Gasteiger partial charge < -0.3 is 9.84 Å². The molecule has 1 N–H and O–H groups in total. The highest BCUT2D eigenvalue weighted by Crippen LogP contribution is 2.40. The molecule has 0 aliphatic heterocycles. The minimum atomic E-state index is -0.387. The van der Waals surface area contributed by atoms with Gasteiger partial charge in [0.05, 0.1) is 13.2 Å². The molecule has 0 bridgehead atoms. The average Bonchev–Trinajstić information content (AvgIpc) is 2.47. The van der Waals surface area contributed by atoms with Gasteiger partial charge in [0.15, 0.2) is 0 Å². The van der Waals surface area contributed by atoms with Gasteiger partial charge in [-0.2, -0.15) is 0 Å². The Morgan fingerprint density at radius 3 is 2.58 bits per heavy atom. The van der Waals surface area contributed by atoms with Gasteiger partial charge in [-0.15, -0.1) is 0 Å². The number of hydrogen-bond acceptors (Lipinski definition) is 2. The average molecular weight is 327 g/mol. The van der Waals surface area contributed by atoms with E-state index in [9.17, 15) is 5.11 Å². The Morgan fingerprint density at radius 2 is 2.00 bits per heavy atom. The molecule has 1 atom stereocenters. The Balaban J connectivity index is 2.09. The first-order valence-corrected chi connectivity index (χ1v) is 7.96. The summed E-state index contributed by atoms with van der Waals surface area (Å²) in [7, 11) is 1.66. The smallest absolute Gasteiger partial charge is 0.119 e. The van der Waals surface area contributed by atoms with E-state index in [1.54, 1.807) is 7.11 Å². The summed E-state index contributed by atoms with van der Waals surface area (Å²) in [5, 5.41) is 10.6. The fourth-order valence-corrected chi connectivity index (χ4v) is 3.52. The number of rotatable bonds is 4. The second-order valence-corrected chi connectivity index (χ2v) is 6.38. The molecule has 0 spiro atoms. The molecule has 1 aromatic carbocycles. The van der Waals surface area contributed by atoms with Crippen molar-refractivity contribution >= 4 is 15.9 Å². The van der Waals surface area contributed by atoms with Gasteiger partial charge in [0.2, 0.25) is 0 Å². The first-order chi connectivity index (χ1) is 9.15. The third-order valence-electron chi connectivity index (χ3n) is 4.44. The van der Waals surface area contributed by atoms with Gasteiger partial charge in [0.25, 0.3) is 0 Å². The zero-order valence-corrected chi connectivity index (χ0v) is 13.3. The fraction of sp³-hybridized carbons (Fsp3) is 0.625. The van der Waals surface area contributed by atoms with E-state index in [-0.39, 0.29) is 6.10 Å². The maximum absolute atomic E-state index is 10.6. The Hall–Kier alpha value is -0.540. The van der Waals surface area contributed by atoms with Crippen LogP contribution in [0.25, 0.3) is 0 Å². The van der Waals surface area contributed by atoms with E-state index in [0.717, 1.165) is 34.5 Å². The summed E-state index contributed by atoms with van der Waals surface area (Å²) in [5.74, 6) is 2.04. The minimum Gasteiger partial charge on any atom is -0.497 e. The number of halogens is 1. The zero-order valence-electron chi connectivity index (χ0n) is 11.7. The lowest BCUT2D eigenvalue weighted by Gasteiger charge is -2.31.